The molecular formula is C13H17NO3. The molecule has 0 unspecified atom stereocenters. The average molecular weight is 235 g/mol. The van der Waals surface area contributed by atoms with Crippen molar-refractivity contribution in [1.82, 2.24) is 5.32 Å². The molecule has 4 heteroatoms. The van der Waals surface area contributed by atoms with Crippen LogP contribution in [0.1, 0.15) is 32.4 Å². The summed E-state index contributed by atoms with van der Waals surface area (Å²) in [5.74, 6) is -0.462. The first-order valence-corrected chi connectivity index (χ1v) is 5.41. The first-order valence-electron chi connectivity index (χ1n) is 5.41. The van der Waals surface area contributed by atoms with E-state index >= 15 is 0 Å². The summed E-state index contributed by atoms with van der Waals surface area (Å²) in [5, 5.41) is 2.47. The second-order valence-corrected chi connectivity index (χ2v) is 4.66. The van der Waals surface area contributed by atoms with Gasteiger partial charge < -0.3 is 10.1 Å². The van der Waals surface area contributed by atoms with Gasteiger partial charge >= 0.3 is 5.97 Å². The molecule has 0 aliphatic rings. The summed E-state index contributed by atoms with van der Waals surface area (Å²) in [7, 11) is 0. The summed E-state index contributed by atoms with van der Waals surface area (Å²) in [5.41, 5.74) is 0.128. The first kappa shape index (κ1) is 13.2. The Hall–Kier alpha value is -1.84. The van der Waals surface area contributed by atoms with Gasteiger partial charge in [-0.3, -0.25) is 4.79 Å². The third-order valence-corrected chi connectivity index (χ3v) is 2.01. The van der Waals surface area contributed by atoms with Crippen LogP contribution in [0.2, 0.25) is 0 Å². The number of nitrogens with one attached hydrogen (secondary N) is 1. The van der Waals surface area contributed by atoms with Crippen LogP contribution in [0.3, 0.4) is 0 Å². The molecule has 0 aliphatic heterocycles. The summed E-state index contributed by atoms with van der Waals surface area (Å²) in [6.07, 6.45) is 0.502. The number of ether oxygens (including phenoxy) is 1. The van der Waals surface area contributed by atoms with Crippen LogP contribution < -0.4 is 5.32 Å². The lowest BCUT2D eigenvalue weighted by molar-refractivity contribution is -0.158. The lowest BCUT2D eigenvalue weighted by Crippen LogP contribution is -2.34. The summed E-state index contributed by atoms with van der Waals surface area (Å²) in [4.78, 5) is 22.4. The van der Waals surface area contributed by atoms with E-state index in [-0.39, 0.29) is 0 Å². The predicted octanol–water partition coefficient (Wildman–Crippen LogP) is 1.82. The molecule has 0 bridgehead atoms. The van der Waals surface area contributed by atoms with Gasteiger partial charge in [-0.05, 0) is 26.3 Å². The Morgan fingerprint density at radius 2 is 1.88 bits per heavy atom. The summed E-state index contributed by atoms with van der Waals surface area (Å²) in [6.45, 7) is 5.36. The maximum atomic E-state index is 11.9. The molecule has 17 heavy (non-hydrogen) atoms. The Morgan fingerprint density at radius 1 is 1.29 bits per heavy atom. The van der Waals surface area contributed by atoms with Crippen molar-refractivity contribution in [3.8, 4) is 0 Å². The number of hydrogen-bond donors (Lipinski definition) is 1. The fourth-order valence-corrected chi connectivity index (χ4v) is 1.37. The van der Waals surface area contributed by atoms with E-state index in [9.17, 15) is 9.59 Å². The largest absolute Gasteiger partial charge is 0.458 e. The molecule has 0 saturated carbocycles. The molecule has 1 N–H and O–H groups in total. The van der Waals surface area contributed by atoms with Gasteiger partial charge in [0, 0.05) is 0 Å². The summed E-state index contributed by atoms with van der Waals surface area (Å²) < 4.78 is 5.25. The Bertz CT molecular complexity index is 381. The van der Waals surface area contributed by atoms with Gasteiger partial charge in [0.05, 0.1) is 0 Å². The maximum absolute atomic E-state index is 11.9. The van der Waals surface area contributed by atoms with E-state index in [1.54, 1.807) is 45.0 Å². The van der Waals surface area contributed by atoms with E-state index in [0.717, 1.165) is 0 Å². The average Bonchev–Trinajstić information content (AvgIpc) is 2.24. The van der Waals surface area contributed by atoms with Crippen molar-refractivity contribution >= 4 is 12.4 Å². The number of esters is 1. The number of benzene rings is 1. The highest BCUT2D eigenvalue weighted by Crippen LogP contribution is 2.17. The van der Waals surface area contributed by atoms with Gasteiger partial charge in [-0.2, -0.15) is 0 Å². The normalized spacial score (nSPS) is 12.6. The molecule has 1 aromatic rings. The van der Waals surface area contributed by atoms with E-state index in [1.807, 2.05) is 6.07 Å². The highest BCUT2D eigenvalue weighted by molar-refractivity contribution is 5.80. The minimum absolute atomic E-state index is 0.462. The van der Waals surface area contributed by atoms with Crippen LogP contribution >= 0.6 is 0 Å². The molecule has 1 rings (SSSR count). The fraction of sp³-hybridized carbons (Fsp3) is 0.385. The van der Waals surface area contributed by atoms with Crippen molar-refractivity contribution in [3.05, 3.63) is 35.9 Å². The lowest BCUT2D eigenvalue weighted by Gasteiger charge is -2.23. The fourth-order valence-electron chi connectivity index (χ4n) is 1.37. The highest BCUT2D eigenvalue weighted by atomic mass is 16.6. The SMILES string of the molecule is CC(C)(C)OC(=O)[C@H](NC=O)c1ccccc1. The molecule has 0 aliphatic carbocycles. The molecule has 0 spiro atoms. The van der Waals surface area contributed by atoms with Crippen LogP contribution in [0.5, 0.6) is 0 Å². The molecule has 4 nitrogen and oxygen atoms in total. The molecule has 0 aromatic heterocycles. The number of carbonyl (C=O) groups is 2. The second-order valence-electron chi connectivity index (χ2n) is 4.66. The molecule has 0 heterocycles. The molecule has 0 saturated heterocycles. The molecular weight excluding hydrogens is 218 g/mol. The number of hydrogen-bond acceptors (Lipinski definition) is 3. The Kier molecular flexibility index (Phi) is 4.26. The van der Waals surface area contributed by atoms with Gasteiger partial charge in [0.2, 0.25) is 6.41 Å². The number of carbonyl (C=O) groups excluding carboxylic acids is 2. The van der Waals surface area contributed by atoms with Gasteiger partial charge in [0.1, 0.15) is 5.60 Å². The molecule has 1 atom stereocenters. The van der Waals surface area contributed by atoms with E-state index in [0.29, 0.717) is 12.0 Å². The Labute approximate surface area is 101 Å². The van der Waals surface area contributed by atoms with Crippen LogP contribution in [0.25, 0.3) is 0 Å². The van der Waals surface area contributed by atoms with Crippen molar-refractivity contribution in [1.29, 1.82) is 0 Å². The van der Waals surface area contributed by atoms with Crippen LogP contribution in [0, 0.1) is 0 Å². The molecule has 0 radical (unpaired) electrons. The van der Waals surface area contributed by atoms with Gasteiger partial charge in [-0.25, -0.2) is 4.79 Å². The van der Waals surface area contributed by atoms with Crippen molar-refractivity contribution in [3.63, 3.8) is 0 Å². The van der Waals surface area contributed by atoms with Crippen LogP contribution in [-0.2, 0) is 14.3 Å². The van der Waals surface area contributed by atoms with E-state index in [2.05, 4.69) is 5.32 Å². The molecule has 0 fully saturated rings. The number of rotatable bonds is 4. The monoisotopic (exact) mass is 235 g/mol. The van der Waals surface area contributed by atoms with Crippen molar-refractivity contribution in [2.45, 2.75) is 32.4 Å². The molecule has 1 amide bonds. The van der Waals surface area contributed by atoms with Crippen LogP contribution in [0.15, 0.2) is 30.3 Å². The minimum Gasteiger partial charge on any atom is -0.458 e. The van der Waals surface area contributed by atoms with Crippen LogP contribution in [-0.4, -0.2) is 18.0 Å². The van der Waals surface area contributed by atoms with Crippen molar-refractivity contribution in [2.75, 3.05) is 0 Å². The smallest absolute Gasteiger partial charge is 0.333 e. The predicted molar refractivity (Wildman–Crippen MR) is 64.2 cm³/mol. The van der Waals surface area contributed by atoms with Gasteiger partial charge in [0.15, 0.2) is 6.04 Å². The first-order chi connectivity index (χ1) is 7.94. The lowest BCUT2D eigenvalue weighted by atomic mass is 10.1. The third-order valence-electron chi connectivity index (χ3n) is 2.01. The van der Waals surface area contributed by atoms with Crippen LogP contribution in [0.4, 0.5) is 0 Å². The van der Waals surface area contributed by atoms with Gasteiger partial charge in [-0.1, -0.05) is 30.3 Å². The van der Waals surface area contributed by atoms with Crippen molar-refractivity contribution in [2.24, 2.45) is 0 Å². The zero-order valence-electron chi connectivity index (χ0n) is 10.3. The third kappa shape index (κ3) is 4.26. The molecule has 92 valence electrons. The standard InChI is InChI=1S/C13H17NO3/c1-13(2,3)17-12(16)11(14-9-15)10-7-5-4-6-8-10/h4-9,11H,1-3H3,(H,14,15)/t11-/m1/s1. The van der Waals surface area contributed by atoms with E-state index in [4.69, 9.17) is 4.74 Å². The van der Waals surface area contributed by atoms with E-state index < -0.39 is 17.6 Å². The van der Waals surface area contributed by atoms with Crippen molar-refractivity contribution < 1.29 is 14.3 Å². The highest BCUT2D eigenvalue weighted by Gasteiger charge is 2.25. The zero-order valence-corrected chi connectivity index (χ0v) is 10.3. The minimum atomic E-state index is -0.757. The quantitative estimate of drug-likeness (QED) is 0.639. The summed E-state index contributed by atoms with van der Waals surface area (Å²) >= 11 is 0. The summed E-state index contributed by atoms with van der Waals surface area (Å²) in [6, 6.07) is 8.23. The number of amides is 1. The zero-order chi connectivity index (χ0) is 12.9. The maximum Gasteiger partial charge on any atom is 0.333 e. The second kappa shape index (κ2) is 5.48. The van der Waals surface area contributed by atoms with E-state index in [1.165, 1.54) is 0 Å². The van der Waals surface area contributed by atoms with Gasteiger partial charge in [0.25, 0.3) is 0 Å². The van der Waals surface area contributed by atoms with Gasteiger partial charge in [-0.15, -0.1) is 0 Å². The Balaban J connectivity index is 2.87. The molecule has 1 aromatic carbocycles. The Morgan fingerprint density at radius 3 is 2.35 bits per heavy atom. The topological polar surface area (TPSA) is 55.4 Å².